The standard InChI is InChI=1S/C19H22FNO2/c1-4-14-6-5-7-15(11-19(22)21-3)16(14)12-23-18-9-8-13(2)10-17(18)20/h5-10H,4,11-12H2,1-3H3,(H,21,22). The zero-order valence-corrected chi connectivity index (χ0v) is 13.8. The number of ether oxygens (including phenoxy) is 1. The summed E-state index contributed by atoms with van der Waals surface area (Å²) in [6.45, 7) is 4.13. The molecule has 2 rings (SSSR count). The summed E-state index contributed by atoms with van der Waals surface area (Å²) < 4.78 is 19.6. The first-order valence-electron chi connectivity index (χ1n) is 7.74. The molecule has 0 aliphatic rings. The summed E-state index contributed by atoms with van der Waals surface area (Å²) in [6.07, 6.45) is 1.12. The minimum Gasteiger partial charge on any atom is -0.486 e. The van der Waals surface area contributed by atoms with Crippen molar-refractivity contribution >= 4 is 5.91 Å². The van der Waals surface area contributed by atoms with Gasteiger partial charge in [0.15, 0.2) is 11.6 Å². The molecule has 0 spiro atoms. The van der Waals surface area contributed by atoms with Gasteiger partial charge in [0.2, 0.25) is 5.91 Å². The van der Waals surface area contributed by atoms with Crippen molar-refractivity contribution < 1.29 is 13.9 Å². The molecule has 1 amide bonds. The number of hydrogen-bond acceptors (Lipinski definition) is 2. The highest BCUT2D eigenvalue weighted by Gasteiger charge is 2.12. The quantitative estimate of drug-likeness (QED) is 0.885. The average molecular weight is 315 g/mol. The van der Waals surface area contributed by atoms with Crippen molar-refractivity contribution in [1.82, 2.24) is 5.32 Å². The van der Waals surface area contributed by atoms with Crippen LogP contribution < -0.4 is 10.1 Å². The second-order valence-corrected chi connectivity index (χ2v) is 5.48. The Labute approximate surface area is 136 Å². The maximum Gasteiger partial charge on any atom is 0.224 e. The molecule has 2 aromatic rings. The molecule has 0 heterocycles. The molecule has 0 bridgehead atoms. The monoisotopic (exact) mass is 315 g/mol. The van der Waals surface area contributed by atoms with Gasteiger partial charge in [-0.05, 0) is 47.7 Å². The van der Waals surface area contributed by atoms with Crippen molar-refractivity contribution in [1.29, 1.82) is 0 Å². The van der Waals surface area contributed by atoms with Crippen LogP contribution >= 0.6 is 0 Å². The van der Waals surface area contributed by atoms with Gasteiger partial charge >= 0.3 is 0 Å². The van der Waals surface area contributed by atoms with Crippen LogP contribution in [0.15, 0.2) is 36.4 Å². The fourth-order valence-electron chi connectivity index (χ4n) is 2.50. The Balaban J connectivity index is 2.24. The van der Waals surface area contributed by atoms with Crippen LogP contribution in [0.1, 0.15) is 29.2 Å². The fourth-order valence-corrected chi connectivity index (χ4v) is 2.50. The van der Waals surface area contributed by atoms with Crippen molar-refractivity contribution in [2.24, 2.45) is 0 Å². The zero-order valence-electron chi connectivity index (χ0n) is 13.8. The number of hydrogen-bond donors (Lipinski definition) is 1. The third-order valence-electron chi connectivity index (χ3n) is 3.84. The highest BCUT2D eigenvalue weighted by molar-refractivity contribution is 5.78. The number of halogens is 1. The zero-order chi connectivity index (χ0) is 16.8. The Bertz CT molecular complexity index is 698. The van der Waals surface area contributed by atoms with Crippen LogP contribution in [0.3, 0.4) is 0 Å². The van der Waals surface area contributed by atoms with E-state index in [1.807, 2.05) is 31.2 Å². The summed E-state index contributed by atoms with van der Waals surface area (Å²) in [6, 6.07) is 10.8. The lowest BCUT2D eigenvalue weighted by molar-refractivity contribution is -0.119. The van der Waals surface area contributed by atoms with Crippen molar-refractivity contribution in [3.63, 3.8) is 0 Å². The number of carbonyl (C=O) groups is 1. The molecule has 3 nitrogen and oxygen atoms in total. The Morgan fingerprint density at radius 1 is 1.22 bits per heavy atom. The van der Waals surface area contributed by atoms with Gasteiger partial charge < -0.3 is 10.1 Å². The highest BCUT2D eigenvalue weighted by Crippen LogP contribution is 2.22. The summed E-state index contributed by atoms with van der Waals surface area (Å²) in [4.78, 5) is 11.7. The number of amides is 1. The molecule has 0 atom stereocenters. The molecule has 2 aromatic carbocycles. The maximum absolute atomic E-state index is 13.9. The normalized spacial score (nSPS) is 10.4. The number of rotatable bonds is 6. The largest absolute Gasteiger partial charge is 0.486 e. The lowest BCUT2D eigenvalue weighted by atomic mass is 9.97. The third kappa shape index (κ3) is 4.31. The number of benzene rings is 2. The molecule has 0 unspecified atom stereocenters. The molecule has 0 aromatic heterocycles. The minimum atomic E-state index is -0.369. The van der Waals surface area contributed by atoms with Crippen LogP contribution in [0.2, 0.25) is 0 Å². The lowest BCUT2D eigenvalue weighted by Gasteiger charge is -2.15. The van der Waals surface area contributed by atoms with Crippen LogP contribution in [0, 0.1) is 12.7 Å². The predicted molar refractivity (Wildman–Crippen MR) is 89.1 cm³/mol. The van der Waals surface area contributed by atoms with Gasteiger partial charge in [0.1, 0.15) is 6.61 Å². The van der Waals surface area contributed by atoms with Gasteiger partial charge in [0.25, 0.3) is 0 Å². The molecule has 1 N–H and O–H groups in total. The smallest absolute Gasteiger partial charge is 0.224 e. The van der Waals surface area contributed by atoms with Crippen LogP contribution in [0.25, 0.3) is 0 Å². The van der Waals surface area contributed by atoms with Gasteiger partial charge in [-0.25, -0.2) is 4.39 Å². The van der Waals surface area contributed by atoms with Crippen LogP contribution in [0.4, 0.5) is 4.39 Å². The van der Waals surface area contributed by atoms with Gasteiger partial charge in [-0.15, -0.1) is 0 Å². The van der Waals surface area contributed by atoms with E-state index >= 15 is 0 Å². The molecule has 0 saturated carbocycles. The van der Waals surface area contributed by atoms with Crippen molar-refractivity contribution in [2.75, 3.05) is 7.05 Å². The summed E-state index contributed by atoms with van der Waals surface area (Å²) in [7, 11) is 1.61. The molecule has 0 aliphatic carbocycles. The van der Waals surface area contributed by atoms with Crippen molar-refractivity contribution in [2.45, 2.75) is 33.3 Å². The molecule has 0 saturated heterocycles. The minimum absolute atomic E-state index is 0.0546. The van der Waals surface area contributed by atoms with Gasteiger partial charge in [0, 0.05) is 7.05 Å². The Hall–Kier alpha value is -2.36. The van der Waals surface area contributed by atoms with E-state index in [1.165, 1.54) is 6.07 Å². The van der Waals surface area contributed by atoms with E-state index in [-0.39, 0.29) is 24.1 Å². The second-order valence-electron chi connectivity index (χ2n) is 5.48. The summed E-state index contributed by atoms with van der Waals surface area (Å²) >= 11 is 0. The second kappa shape index (κ2) is 7.77. The fraction of sp³-hybridized carbons (Fsp3) is 0.316. The highest BCUT2D eigenvalue weighted by atomic mass is 19.1. The van der Waals surface area contributed by atoms with Gasteiger partial charge in [-0.3, -0.25) is 4.79 Å². The molecular weight excluding hydrogens is 293 g/mol. The van der Waals surface area contributed by atoms with Gasteiger partial charge in [-0.2, -0.15) is 0 Å². The van der Waals surface area contributed by atoms with Crippen LogP contribution in [-0.4, -0.2) is 13.0 Å². The van der Waals surface area contributed by atoms with E-state index in [2.05, 4.69) is 12.2 Å². The third-order valence-corrected chi connectivity index (χ3v) is 3.84. The molecule has 0 radical (unpaired) electrons. The first-order valence-corrected chi connectivity index (χ1v) is 7.74. The molecule has 122 valence electrons. The van der Waals surface area contributed by atoms with E-state index in [1.54, 1.807) is 13.1 Å². The number of aryl methyl sites for hydroxylation is 2. The number of likely N-dealkylation sites (N-methyl/N-ethyl adjacent to an activating group) is 1. The molecule has 0 aliphatic heterocycles. The van der Waals surface area contributed by atoms with Crippen LogP contribution in [-0.2, 0) is 24.2 Å². The van der Waals surface area contributed by atoms with E-state index < -0.39 is 0 Å². The van der Waals surface area contributed by atoms with Crippen molar-refractivity contribution in [3.8, 4) is 5.75 Å². The van der Waals surface area contributed by atoms with E-state index in [0.717, 1.165) is 28.7 Å². The SMILES string of the molecule is CCc1cccc(CC(=O)NC)c1COc1ccc(C)cc1F. The topological polar surface area (TPSA) is 38.3 Å². The Kier molecular flexibility index (Phi) is 5.74. The molecule has 23 heavy (non-hydrogen) atoms. The van der Waals surface area contributed by atoms with E-state index in [4.69, 9.17) is 4.74 Å². The molecule has 0 fully saturated rings. The predicted octanol–water partition coefficient (Wildman–Crippen LogP) is 3.56. The Morgan fingerprint density at radius 2 is 1.96 bits per heavy atom. The van der Waals surface area contributed by atoms with E-state index in [0.29, 0.717) is 6.42 Å². The first kappa shape index (κ1) is 17.0. The van der Waals surface area contributed by atoms with Gasteiger partial charge in [0.05, 0.1) is 6.42 Å². The maximum atomic E-state index is 13.9. The number of carbonyl (C=O) groups excluding carboxylic acids is 1. The molecular formula is C19H22FNO2. The van der Waals surface area contributed by atoms with E-state index in [9.17, 15) is 9.18 Å². The summed E-state index contributed by atoms with van der Waals surface area (Å²) in [5, 5.41) is 2.63. The van der Waals surface area contributed by atoms with Gasteiger partial charge in [-0.1, -0.05) is 31.2 Å². The lowest BCUT2D eigenvalue weighted by Crippen LogP contribution is -2.21. The average Bonchev–Trinajstić information content (AvgIpc) is 2.54. The Morgan fingerprint density at radius 3 is 2.61 bits per heavy atom. The van der Waals surface area contributed by atoms with Crippen molar-refractivity contribution in [3.05, 3.63) is 64.5 Å². The summed E-state index contributed by atoms with van der Waals surface area (Å²) in [5.74, 6) is -0.194. The molecule has 4 heteroatoms. The number of nitrogens with one attached hydrogen (secondary N) is 1. The first-order chi connectivity index (χ1) is 11.0. The van der Waals surface area contributed by atoms with Crippen LogP contribution in [0.5, 0.6) is 5.75 Å². The summed E-state index contributed by atoms with van der Waals surface area (Å²) in [5.41, 5.74) is 3.83.